The maximum Gasteiger partial charge on any atom is 0.396 e. The van der Waals surface area contributed by atoms with Crippen molar-refractivity contribution >= 4 is 58.0 Å². The van der Waals surface area contributed by atoms with E-state index in [-0.39, 0.29) is 31.9 Å². The molecule has 4 nitrogen and oxygen atoms in total. The van der Waals surface area contributed by atoms with Crippen molar-refractivity contribution in [2.45, 2.75) is 18.5 Å². The monoisotopic (exact) mass is 532 g/mol. The second-order valence-electron chi connectivity index (χ2n) is 7.20. The molecule has 3 rings (SSSR count). The van der Waals surface area contributed by atoms with Crippen LogP contribution >= 0.6 is 34.8 Å². The number of hydrogen-bond donors (Lipinski definition) is 2. The third-order valence-corrected chi connectivity index (χ3v) is 5.43. The summed E-state index contributed by atoms with van der Waals surface area (Å²) >= 11 is 17.7. The van der Waals surface area contributed by atoms with E-state index in [2.05, 4.69) is 10.6 Å². The van der Waals surface area contributed by atoms with Gasteiger partial charge in [-0.2, -0.15) is 13.2 Å². The molecule has 0 radical (unpaired) electrons. The molecule has 11 heteroatoms. The van der Waals surface area contributed by atoms with Gasteiger partial charge in [0.15, 0.2) is 0 Å². The van der Waals surface area contributed by atoms with E-state index in [4.69, 9.17) is 34.8 Å². The molecule has 0 fully saturated rings. The van der Waals surface area contributed by atoms with Crippen LogP contribution in [-0.2, 0) is 4.79 Å². The summed E-state index contributed by atoms with van der Waals surface area (Å²) in [5.74, 6) is -4.25. The van der Waals surface area contributed by atoms with Gasteiger partial charge in [0, 0.05) is 27.8 Å². The van der Waals surface area contributed by atoms with Crippen LogP contribution in [0.1, 0.15) is 28.3 Å². The molecular formula is C23H15Cl3F4N2O2. The molecule has 0 bridgehead atoms. The molecule has 1 unspecified atom stereocenters. The highest BCUT2D eigenvalue weighted by atomic mass is 35.5. The van der Waals surface area contributed by atoms with Crippen LogP contribution in [0.2, 0.25) is 15.1 Å². The Morgan fingerprint density at radius 3 is 2.00 bits per heavy atom. The lowest BCUT2D eigenvalue weighted by molar-refractivity contribution is -0.155. The van der Waals surface area contributed by atoms with Gasteiger partial charge < -0.3 is 10.6 Å². The predicted molar refractivity (Wildman–Crippen MR) is 124 cm³/mol. The number of rotatable bonds is 6. The average Bonchev–Trinajstić information content (AvgIpc) is 2.73. The maximum atomic E-state index is 13.7. The number of anilines is 2. The third kappa shape index (κ3) is 6.85. The normalized spacial score (nSPS) is 12.2. The minimum absolute atomic E-state index is 0.00617. The molecule has 34 heavy (non-hydrogen) atoms. The smallest absolute Gasteiger partial charge is 0.326 e. The average molecular weight is 534 g/mol. The van der Waals surface area contributed by atoms with Gasteiger partial charge in [-0.15, -0.1) is 0 Å². The van der Waals surface area contributed by atoms with Crippen molar-refractivity contribution in [1.29, 1.82) is 0 Å². The number of benzene rings is 3. The molecule has 178 valence electrons. The summed E-state index contributed by atoms with van der Waals surface area (Å²) in [5.41, 5.74) is 0.0576. The van der Waals surface area contributed by atoms with Crippen LogP contribution in [0.4, 0.5) is 28.9 Å². The van der Waals surface area contributed by atoms with Gasteiger partial charge in [-0.1, -0.05) is 34.8 Å². The largest absolute Gasteiger partial charge is 0.396 e. The number of halogens is 7. The van der Waals surface area contributed by atoms with Gasteiger partial charge in [0.2, 0.25) is 5.91 Å². The Morgan fingerprint density at radius 1 is 0.824 bits per heavy atom. The van der Waals surface area contributed by atoms with Crippen molar-refractivity contribution in [2.75, 3.05) is 10.6 Å². The zero-order chi connectivity index (χ0) is 25.0. The highest BCUT2D eigenvalue weighted by molar-refractivity contribution is 6.35. The summed E-state index contributed by atoms with van der Waals surface area (Å²) in [5, 5.41) is 4.91. The van der Waals surface area contributed by atoms with Crippen LogP contribution in [0.25, 0.3) is 0 Å². The summed E-state index contributed by atoms with van der Waals surface area (Å²) in [6, 6.07) is 12.3. The van der Waals surface area contributed by atoms with Gasteiger partial charge in [0.1, 0.15) is 5.82 Å². The van der Waals surface area contributed by atoms with Gasteiger partial charge in [0.05, 0.1) is 16.5 Å². The lowest BCUT2D eigenvalue weighted by Crippen LogP contribution is -2.26. The molecule has 3 aromatic rings. The molecule has 0 aromatic heterocycles. The first kappa shape index (κ1) is 25.8. The van der Waals surface area contributed by atoms with Crippen LogP contribution < -0.4 is 10.6 Å². The Balaban J connectivity index is 1.77. The number of alkyl halides is 3. The van der Waals surface area contributed by atoms with Crippen molar-refractivity contribution in [2.24, 2.45) is 0 Å². The zero-order valence-corrected chi connectivity index (χ0v) is 19.3. The number of amides is 2. The Bertz CT molecular complexity index is 1200. The maximum absolute atomic E-state index is 13.7. The lowest BCUT2D eigenvalue weighted by Gasteiger charge is -2.21. The highest BCUT2D eigenvalue weighted by Gasteiger charge is 2.42. The fourth-order valence-electron chi connectivity index (χ4n) is 3.11. The van der Waals surface area contributed by atoms with Gasteiger partial charge in [-0.25, -0.2) is 4.39 Å². The fourth-order valence-corrected chi connectivity index (χ4v) is 3.85. The SMILES string of the molecule is O=C(CC(c1cc(Cl)cc(Cl)c1)C(F)(F)F)Nc1ccc(Cl)c(C(=O)Nc2ccc(F)cc2)c1. The fraction of sp³-hybridized carbons (Fsp3) is 0.130. The topological polar surface area (TPSA) is 58.2 Å². The molecule has 3 aromatic carbocycles. The Hall–Kier alpha value is -2.81. The van der Waals surface area contributed by atoms with E-state index in [0.717, 1.165) is 24.3 Å². The molecule has 0 aliphatic heterocycles. The van der Waals surface area contributed by atoms with Crippen molar-refractivity contribution in [3.63, 3.8) is 0 Å². The quantitative estimate of drug-likeness (QED) is 0.319. The molecule has 2 amide bonds. The zero-order valence-electron chi connectivity index (χ0n) is 17.0. The van der Waals surface area contributed by atoms with Crippen molar-refractivity contribution in [3.8, 4) is 0 Å². The van der Waals surface area contributed by atoms with E-state index in [0.29, 0.717) is 5.69 Å². The molecule has 2 N–H and O–H groups in total. The highest BCUT2D eigenvalue weighted by Crippen LogP contribution is 2.39. The summed E-state index contributed by atoms with van der Waals surface area (Å²) in [7, 11) is 0. The molecular weight excluding hydrogens is 519 g/mol. The molecule has 0 aliphatic carbocycles. The van der Waals surface area contributed by atoms with Gasteiger partial charge >= 0.3 is 6.18 Å². The number of hydrogen-bond acceptors (Lipinski definition) is 2. The third-order valence-electron chi connectivity index (χ3n) is 4.67. The first-order valence-electron chi connectivity index (χ1n) is 9.61. The first-order valence-corrected chi connectivity index (χ1v) is 10.7. The van der Waals surface area contributed by atoms with E-state index in [1.807, 2.05) is 0 Å². The number of nitrogens with one attached hydrogen (secondary N) is 2. The molecule has 0 aliphatic rings. The number of carbonyl (C=O) groups is 2. The standard InChI is InChI=1S/C23H15Cl3F4N2O2/c24-13-7-12(8-14(25)9-13)19(23(28,29)30)11-21(33)31-17-5-6-20(26)18(10-17)22(34)32-16-3-1-15(27)2-4-16/h1-10,19H,11H2,(H,31,33)(H,32,34). The van der Waals surface area contributed by atoms with E-state index >= 15 is 0 Å². The van der Waals surface area contributed by atoms with Crippen LogP contribution in [-0.4, -0.2) is 18.0 Å². The molecule has 0 saturated heterocycles. The van der Waals surface area contributed by atoms with Gasteiger partial charge in [-0.3, -0.25) is 9.59 Å². The predicted octanol–water partition coefficient (Wildman–Crippen LogP) is 7.71. The molecule has 0 heterocycles. The van der Waals surface area contributed by atoms with Crippen LogP contribution in [0.5, 0.6) is 0 Å². The minimum atomic E-state index is -4.74. The minimum Gasteiger partial charge on any atom is -0.326 e. The molecule has 0 spiro atoms. The van der Waals surface area contributed by atoms with Crippen molar-refractivity contribution in [1.82, 2.24) is 0 Å². The molecule has 1 atom stereocenters. The summed E-state index contributed by atoms with van der Waals surface area (Å²) < 4.78 is 54.0. The Morgan fingerprint density at radius 2 is 1.41 bits per heavy atom. The van der Waals surface area contributed by atoms with Crippen molar-refractivity contribution in [3.05, 3.63) is 92.7 Å². The van der Waals surface area contributed by atoms with E-state index in [1.54, 1.807) is 0 Å². The van der Waals surface area contributed by atoms with Gasteiger partial charge in [0.25, 0.3) is 5.91 Å². The van der Waals surface area contributed by atoms with Crippen molar-refractivity contribution < 1.29 is 27.2 Å². The van der Waals surface area contributed by atoms with Gasteiger partial charge in [-0.05, 0) is 66.2 Å². The second kappa shape index (κ2) is 10.6. The van der Waals surface area contributed by atoms with E-state index < -0.39 is 36.1 Å². The summed E-state index contributed by atoms with van der Waals surface area (Å²) in [6.07, 6.45) is -5.69. The lowest BCUT2D eigenvalue weighted by atomic mass is 9.94. The van der Waals surface area contributed by atoms with E-state index in [1.165, 1.54) is 36.4 Å². The Labute approximate surface area is 206 Å². The Kier molecular flexibility index (Phi) is 8.07. The number of carbonyl (C=O) groups excluding carboxylic acids is 2. The first-order chi connectivity index (χ1) is 15.9. The summed E-state index contributed by atoms with van der Waals surface area (Å²) in [4.78, 5) is 25.0. The van der Waals surface area contributed by atoms with Crippen LogP contribution in [0, 0.1) is 5.82 Å². The second-order valence-corrected chi connectivity index (χ2v) is 8.48. The summed E-state index contributed by atoms with van der Waals surface area (Å²) in [6.45, 7) is 0. The molecule has 0 saturated carbocycles. The van der Waals surface area contributed by atoms with E-state index in [9.17, 15) is 27.2 Å². The van der Waals surface area contributed by atoms with Crippen LogP contribution in [0.15, 0.2) is 60.7 Å². The van der Waals surface area contributed by atoms with Crippen LogP contribution in [0.3, 0.4) is 0 Å².